The van der Waals surface area contributed by atoms with Crippen molar-refractivity contribution in [2.24, 2.45) is 0 Å². The summed E-state index contributed by atoms with van der Waals surface area (Å²) in [5.74, 6) is 0. The van der Waals surface area contributed by atoms with Crippen LogP contribution in [-0.2, 0) is 3.07 Å². The maximum absolute atomic E-state index is 10.8. The molecule has 1 heterocycles. The van der Waals surface area contributed by atoms with Crippen molar-refractivity contribution in [2.75, 3.05) is 4.43 Å². The first kappa shape index (κ1) is 6.61. The predicted octanol–water partition coefficient (Wildman–Crippen LogP) is 1.34. The van der Waals surface area contributed by atoms with Crippen LogP contribution in [0.25, 0.3) is 0 Å². The minimum atomic E-state index is -2.04. The molecular formula is C5H10IO2. The van der Waals surface area contributed by atoms with Gasteiger partial charge in [-0.2, -0.15) is 0 Å². The van der Waals surface area contributed by atoms with Crippen molar-refractivity contribution in [1.82, 2.24) is 0 Å². The van der Waals surface area contributed by atoms with Gasteiger partial charge in [0.25, 0.3) is 0 Å². The molecule has 0 aromatic heterocycles. The third-order valence-corrected chi connectivity index (χ3v) is 5.35. The second kappa shape index (κ2) is 2.87. The van der Waals surface area contributed by atoms with Gasteiger partial charge < -0.3 is 5.11 Å². The fourth-order valence-corrected chi connectivity index (χ4v) is 3.93. The molecule has 1 fully saturated rings. The Balaban J connectivity index is 2.39. The summed E-state index contributed by atoms with van der Waals surface area (Å²) < 4.78 is 11.2. The van der Waals surface area contributed by atoms with Gasteiger partial charge in [0, 0.05) is 4.43 Å². The van der Waals surface area contributed by atoms with E-state index >= 15 is 0 Å². The second-order valence-electron chi connectivity index (χ2n) is 1.97. The number of aliphatic hydroxyl groups is 1. The summed E-state index contributed by atoms with van der Waals surface area (Å²) >= 11 is -2.04. The number of aliphatic hydroxyl groups excluding tert-OH is 1. The molecule has 1 atom stereocenters. The predicted molar refractivity (Wildman–Crippen MR) is 39.4 cm³/mol. The minimum Gasteiger partial charge on any atom is -0.381 e. The molecule has 0 amide bonds. The molecule has 49 valence electrons. The number of rotatable bonds is 0. The number of hydrogen-bond donors (Lipinski definition) is 1. The first-order chi connectivity index (χ1) is 3.80. The maximum Gasteiger partial charge on any atom is 0.126 e. The van der Waals surface area contributed by atoms with Crippen LogP contribution in [0.3, 0.4) is 0 Å². The van der Waals surface area contributed by atoms with E-state index in [1.54, 1.807) is 0 Å². The Hall–Kier alpha value is 0.490. The lowest BCUT2D eigenvalue weighted by molar-refractivity contribution is 0.260. The molecule has 1 saturated heterocycles. The summed E-state index contributed by atoms with van der Waals surface area (Å²) in [5, 5.41) is 8.93. The molecule has 1 radical (unpaired) electrons. The van der Waals surface area contributed by atoms with Crippen molar-refractivity contribution in [3.05, 3.63) is 0 Å². The van der Waals surface area contributed by atoms with Gasteiger partial charge in [-0.1, -0.05) is 0 Å². The molecule has 0 saturated carbocycles. The largest absolute Gasteiger partial charge is 0.381 e. The first-order valence-corrected chi connectivity index (χ1v) is 6.46. The van der Waals surface area contributed by atoms with Crippen molar-refractivity contribution in [3.63, 3.8) is 0 Å². The summed E-state index contributed by atoms with van der Waals surface area (Å²) in [5.41, 5.74) is 0. The molecule has 0 aromatic carbocycles. The van der Waals surface area contributed by atoms with Gasteiger partial charge in [0.2, 0.25) is 0 Å². The van der Waals surface area contributed by atoms with E-state index in [1.165, 1.54) is 0 Å². The molecule has 1 N–H and O–H groups in total. The highest BCUT2D eigenvalue weighted by atomic mass is 127. The molecule has 0 bridgehead atoms. The Kier molecular flexibility index (Phi) is 2.37. The zero-order valence-corrected chi connectivity index (χ0v) is 6.80. The van der Waals surface area contributed by atoms with Gasteiger partial charge in [-0.3, -0.25) is 3.07 Å². The summed E-state index contributed by atoms with van der Waals surface area (Å²) in [7, 11) is 0. The van der Waals surface area contributed by atoms with Gasteiger partial charge in [0.1, 0.15) is 4.11 Å². The van der Waals surface area contributed by atoms with Gasteiger partial charge in [0.15, 0.2) is 0 Å². The quantitative estimate of drug-likeness (QED) is 0.502. The second-order valence-corrected chi connectivity index (χ2v) is 6.50. The van der Waals surface area contributed by atoms with Crippen molar-refractivity contribution in [2.45, 2.75) is 23.4 Å². The topological polar surface area (TPSA) is 37.3 Å². The SMILES string of the molecule is O=[I]1CCCCC1O. The van der Waals surface area contributed by atoms with Crippen LogP contribution in [0.2, 0.25) is 0 Å². The van der Waals surface area contributed by atoms with Crippen LogP contribution < -0.4 is 0 Å². The molecule has 1 rings (SSSR count). The third-order valence-electron chi connectivity index (χ3n) is 1.29. The fourth-order valence-electron chi connectivity index (χ4n) is 0.787. The molecule has 0 aliphatic carbocycles. The van der Waals surface area contributed by atoms with Gasteiger partial charge >= 0.3 is 0 Å². The van der Waals surface area contributed by atoms with E-state index < -0.39 is 23.9 Å². The molecule has 8 heavy (non-hydrogen) atoms. The number of halogens is 1. The van der Waals surface area contributed by atoms with E-state index in [0.29, 0.717) is 0 Å². The molecule has 1 aliphatic rings. The van der Waals surface area contributed by atoms with E-state index in [0.717, 1.165) is 23.7 Å². The van der Waals surface area contributed by atoms with Crippen LogP contribution in [-0.4, -0.2) is 13.6 Å². The lowest BCUT2D eigenvalue weighted by Gasteiger charge is -2.14. The minimum absolute atomic E-state index is 0.395. The van der Waals surface area contributed by atoms with Crippen LogP contribution in [0, 0.1) is 0 Å². The van der Waals surface area contributed by atoms with Crippen LogP contribution in [0.1, 0.15) is 19.3 Å². The summed E-state index contributed by atoms with van der Waals surface area (Å²) in [6.07, 6.45) is 2.93. The Bertz CT molecular complexity index is 103. The van der Waals surface area contributed by atoms with E-state index in [2.05, 4.69) is 0 Å². The van der Waals surface area contributed by atoms with E-state index in [9.17, 15) is 3.07 Å². The van der Waals surface area contributed by atoms with Gasteiger partial charge in [0.05, 0.1) is 19.8 Å². The van der Waals surface area contributed by atoms with Gasteiger partial charge in [-0.25, -0.2) is 0 Å². The fraction of sp³-hybridized carbons (Fsp3) is 1.00. The van der Waals surface area contributed by atoms with Crippen molar-refractivity contribution < 1.29 is 8.18 Å². The van der Waals surface area contributed by atoms with E-state index in [4.69, 9.17) is 5.11 Å². The molecule has 1 aliphatic heterocycles. The molecule has 1 unspecified atom stereocenters. The van der Waals surface area contributed by atoms with E-state index in [1.807, 2.05) is 0 Å². The maximum atomic E-state index is 10.8. The summed E-state index contributed by atoms with van der Waals surface area (Å²) in [6.45, 7) is 0. The Labute approximate surface area is 56.0 Å². The molecule has 3 heteroatoms. The zero-order chi connectivity index (χ0) is 5.98. The lowest BCUT2D eigenvalue weighted by atomic mass is 10.3. The average molecular weight is 229 g/mol. The number of hydrogen-bond acceptors (Lipinski definition) is 2. The van der Waals surface area contributed by atoms with Crippen molar-refractivity contribution >= 4 is 19.8 Å². The van der Waals surface area contributed by atoms with Crippen molar-refractivity contribution in [3.8, 4) is 0 Å². The van der Waals surface area contributed by atoms with Crippen LogP contribution >= 0.6 is 19.8 Å². The Morgan fingerprint density at radius 1 is 1.50 bits per heavy atom. The smallest absolute Gasteiger partial charge is 0.126 e. The van der Waals surface area contributed by atoms with E-state index in [-0.39, 0.29) is 0 Å². The first-order valence-electron chi connectivity index (χ1n) is 2.81. The summed E-state index contributed by atoms with van der Waals surface area (Å²) in [6, 6.07) is 0. The monoisotopic (exact) mass is 229 g/mol. The van der Waals surface area contributed by atoms with Crippen LogP contribution in [0.5, 0.6) is 0 Å². The highest BCUT2D eigenvalue weighted by Gasteiger charge is 2.17. The van der Waals surface area contributed by atoms with Crippen molar-refractivity contribution in [1.29, 1.82) is 0 Å². The lowest BCUT2D eigenvalue weighted by Crippen LogP contribution is -2.06. The Morgan fingerprint density at radius 2 is 2.25 bits per heavy atom. The Morgan fingerprint density at radius 3 is 2.62 bits per heavy atom. The highest BCUT2D eigenvalue weighted by molar-refractivity contribution is 14.2. The average Bonchev–Trinajstić information content (AvgIpc) is 1.77. The number of alkyl halides is 2. The molecule has 0 aromatic rings. The highest BCUT2D eigenvalue weighted by Crippen LogP contribution is 2.36. The molecular weight excluding hydrogens is 219 g/mol. The normalized spacial score (nSPS) is 32.9. The van der Waals surface area contributed by atoms with Gasteiger partial charge in [-0.15, -0.1) is 0 Å². The van der Waals surface area contributed by atoms with Crippen LogP contribution in [0.15, 0.2) is 0 Å². The summed E-state index contributed by atoms with van der Waals surface area (Å²) in [4.78, 5) is 0. The molecule has 0 spiro atoms. The van der Waals surface area contributed by atoms with Crippen LogP contribution in [0.4, 0.5) is 0 Å². The standard InChI is InChI=1S/C5H10IO2/c7-5-3-1-2-4-6(5)8/h5,7H,1-4H2. The van der Waals surface area contributed by atoms with Gasteiger partial charge in [-0.05, 0) is 19.3 Å². The zero-order valence-electron chi connectivity index (χ0n) is 4.64. The third kappa shape index (κ3) is 1.48. The molecule has 2 nitrogen and oxygen atoms in total.